The van der Waals surface area contributed by atoms with Crippen LogP contribution in [0.2, 0.25) is 0 Å². The second kappa shape index (κ2) is 9.07. The van der Waals surface area contributed by atoms with Crippen molar-refractivity contribution in [1.29, 1.82) is 0 Å². The van der Waals surface area contributed by atoms with Gasteiger partial charge in [-0.1, -0.05) is 18.2 Å². The molecule has 0 atom stereocenters. The number of carbonyl (C=O) groups is 1. The first-order valence-electron chi connectivity index (χ1n) is 7.47. The molecule has 116 valence electrons. The normalized spacial score (nSPS) is 17.0. The van der Waals surface area contributed by atoms with Gasteiger partial charge in [-0.2, -0.15) is 0 Å². The Morgan fingerprint density at radius 2 is 2.00 bits per heavy atom. The molecule has 1 aliphatic heterocycles. The maximum Gasteiger partial charge on any atom is 0.305 e. The number of aliphatic carboxylic acids is 1. The third kappa shape index (κ3) is 6.50. The Balaban J connectivity index is 1.55. The minimum absolute atomic E-state index is 0.105. The summed E-state index contributed by atoms with van der Waals surface area (Å²) in [6.45, 7) is 3.53. The molecule has 0 amide bonds. The van der Waals surface area contributed by atoms with Gasteiger partial charge in [-0.25, -0.2) is 0 Å². The van der Waals surface area contributed by atoms with Gasteiger partial charge < -0.3 is 14.7 Å². The molecule has 1 N–H and O–H groups in total. The number of hydrogen-bond donors (Lipinski definition) is 1. The Kier molecular flexibility index (Phi) is 7.06. The molecule has 1 fully saturated rings. The maximum absolute atomic E-state index is 10.4. The van der Waals surface area contributed by atoms with E-state index in [1.807, 2.05) is 17.8 Å². The van der Waals surface area contributed by atoms with Crippen LogP contribution >= 0.6 is 11.8 Å². The molecule has 0 spiro atoms. The van der Waals surface area contributed by atoms with Gasteiger partial charge in [-0.15, -0.1) is 11.8 Å². The standard InChI is InChI=1S/C16H23NO3S/c18-16(19)8-12-20-14-6-9-17(10-7-14)11-13-21-15-4-2-1-3-5-15/h1-5,14H,6-13H2,(H,18,19). The van der Waals surface area contributed by atoms with Gasteiger partial charge in [0.1, 0.15) is 0 Å². The summed E-state index contributed by atoms with van der Waals surface area (Å²) in [4.78, 5) is 14.2. The second-order valence-corrected chi connectivity index (χ2v) is 6.39. The number of hydrogen-bond acceptors (Lipinski definition) is 4. The molecule has 1 aromatic rings. The van der Waals surface area contributed by atoms with Crippen LogP contribution in [0.5, 0.6) is 0 Å². The van der Waals surface area contributed by atoms with E-state index in [2.05, 4.69) is 29.2 Å². The van der Waals surface area contributed by atoms with Crippen LogP contribution in [-0.2, 0) is 9.53 Å². The Labute approximate surface area is 130 Å². The molecule has 2 rings (SSSR count). The number of likely N-dealkylation sites (tertiary alicyclic amines) is 1. The summed E-state index contributed by atoms with van der Waals surface area (Å²) < 4.78 is 5.60. The van der Waals surface area contributed by atoms with Crippen molar-refractivity contribution in [3.05, 3.63) is 30.3 Å². The summed E-state index contributed by atoms with van der Waals surface area (Å²) in [7, 11) is 0. The van der Waals surface area contributed by atoms with Gasteiger partial charge in [0.15, 0.2) is 0 Å². The van der Waals surface area contributed by atoms with Crippen LogP contribution in [0.3, 0.4) is 0 Å². The van der Waals surface area contributed by atoms with Crippen LogP contribution in [0.4, 0.5) is 0 Å². The van der Waals surface area contributed by atoms with E-state index in [9.17, 15) is 4.79 Å². The first kappa shape index (κ1) is 16.3. The van der Waals surface area contributed by atoms with Gasteiger partial charge in [-0.3, -0.25) is 4.79 Å². The summed E-state index contributed by atoms with van der Waals surface area (Å²) >= 11 is 1.89. The molecule has 1 heterocycles. The van der Waals surface area contributed by atoms with Crippen LogP contribution in [-0.4, -0.2) is 54.1 Å². The molecule has 1 aromatic carbocycles. The van der Waals surface area contributed by atoms with Gasteiger partial charge >= 0.3 is 5.97 Å². The highest BCUT2D eigenvalue weighted by atomic mass is 32.2. The van der Waals surface area contributed by atoms with Crippen molar-refractivity contribution < 1.29 is 14.6 Å². The largest absolute Gasteiger partial charge is 0.481 e. The SMILES string of the molecule is O=C(O)CCOC1CCN(CCSc2ccccc2)CC1. The molecule has 0 aromatic heterocycles. The van der Waals surface area contributed by atoms with Crippen molar-refractivity contribution in [2.45, 2.75) is 30.3 Å². The Morgan fingerprint density at radius 3 is 2.67 bits per heavy atom. The fraction of sp³-hybridized carbons (Fsp3) is 0.562. The minimum atomic E-state index is -0.787. The molecule has 0 saturated carbocycles. The predicted octanol–water partition coefficient (Wildman–Crippen LogP) is 2.73. The van der Waals surface area contributed by atoms with Gasteiger partial charge in [0.25, 0.3) is 0 Å². The number of rotatable bonds is 8. The molecule has 21 heavy (non-hydrogen) atoms. The van der Waals surface area contributed by atoms with E-state index in [0.29, 0.717) is 6.61 Å². The van der Waals surface area contributed by atoms with E-state index in [1.165, 1.54) is 4.90 Å². The molecule has 4 nitrogen and oxygen atoms in total. The number of piperidine rings is 1. The lowest BCUT2D eigenvalue weighted by molar-refractivity contribution is -0.138. The highest BCUT2D eigenvalue weighted by Gasteiger charge is 2.19. The number of benzene rings is 1. The second-order valence-electron chi connectivity index (χ2n) is 5.22. The maximum atomic E-state index is 10.4. The Morgan fingerprint density at radius 1 is 1.29 bits per heavy atom. The Bertz CT molecular complexity index is 419. The summed E-state index contributed by atoms with van der Waals surface area (Å²) in [5.74, 6) is 0.319. The van der Waals surface area contributed by atoms with E-state index >= 15 is 0 Å². The topological polar surface area (TPSA) is 49.8 Å². The third-order valence-electron chi connectivity index (χ3n) is 3.62. The summed E-state index contributed by atoms with van der Waals surface area (Å²) in [5, 5.41) is 8.59. The monoisotopic (exact) mass is 309 g/mol. The van der Waals surface area contributed by atoms with Gasteiger partial charge in [0.05, 0.1) is 19.1 Å². The lowest BCUT2D eigenvalue weighted by Gasteiger charge is -2.31. The van der Waals surface area contributed by atoms with Crippen molar-refractivity contribution in [1.82, 2.24) is 4.90 Å². The van der Waals surface area contributed by atoms with E-state index < -0.39 is 5.97 Å². The fourth-order valence-corrected chi connectivity index (χ4v) is 3.36. The van der Waals surface area contributed by atoms with Crippen LogP contribution in [0.25, 0.3) is 0 Å². The zero-order valence-electron chi connectivity index (χ0n) is 12.2. The molecule has 0 radical (unpaired) electrons. The summed E-state index contributed by atoms with van der Waals surface area (Å²) in [5.41, 5.74) is 0. The first-order chi connectivity index (χ1) is 10.2. The quantitative estimate of drug-likeness (QED) is 0.748. The van der Waals surface area contributed by atoms with Crippen molar-refractivity contribution in [3.8, 4) is 0 Å². The zero-order chi connectivity index (χ0) is 14.9. The minimum Gasteiger partial charge on any atom is -0.481 e. The molecular weight excluding hydrogens is 286 g/mol. The van der Waals surface area contributed by atoms with Crippen molar-refractivity contribution in [2.24, 2.45) is 0 Å². The van der Waals surface area contributed by atoms with E-state index in [-0.39, 0.29) is 12.5 Å². The Hall–Kier alpha value is -1.04. The van der Waals surface area contributed by atoms with Crippen molar-refractivity contribution in [3.63, 3.8) is 0 Å². The highest BCUT2D eigenvalue weighted by Crippen LogP contribution is 2.19. The van der Waals surface area contributed by atoms with Gasteiger partial charge in [0.2, 0.25) is 0 Å². The third-order valence-corrected chi connectivity index (χ3v) is 4.62. The van der Waals surface area contributed by atoms with Crippen LogP contribution < -0.4 is 0 Å². The van der Waals surface area contributed by atoms with E-state index in [1.54, 1.807) is 0 Å². The van der Waals surface area contributed by atoms with Crippen LogP contribution in [0, 0.1) is 0 Å². The molecular formula is C16H23NO3S. The van der Waals surface area contributed by atoms with Crippen molar-refractivity contribution in [2.75, 3.05) is 32.0 Å². The lowest BCUT2D eigenvalue weighted by Crippen LogP contribution is -2.38. The number of ether oxygens (including phenoxy) is 1. The number of thioether (sulfide) groups is 1. The summed E-state index contributed by atoms with van der Waals surface area (Å²) in [6, 6.07) is 10.5. The first-order valence-corrected chi connectivity index (χ1v) is 8.46. The lowest BCUT2D eigenvalue weighted by atomic mass is 10.1. The molecule has 1 aliphatic rings. The summed E-state index contributed by atoms with van der Waals surface area (Å²) in [6.07, 6.45) is 2.36. The average Bonchev–Trinajstić information content (AvgIpc) is 2.50. The highest BCUT2D eigenvalue weighted by molar-refractivity contribution is 7.99. The van der Waals surface area contributed by atoms with Crippen LogP contribution in [0.1, 0.15) is 19.3 Å². The molecule has 1 saturated heterocycles. The van der Waals surface area contributed by atoms with E-state index in [4.69, 9.17) is 9.84 Å². The average molecular weight is 309 g/mol. The number of carboxylic acid groups (broad SMARTS) is 1. The predicted molar refractivity (Wildman–Crippen MR) is 84.8 cm³/mol. The van der Waals surface area contributed by atoms with Gasteiger partial charge in [-0.05, 0) is 25.0 Å². The number of carboxylic acids is 1. The van der Waals surface area contributed by atoms with Gasteiger partial charge in [0, 0.05) is 30.3 Å². The van der Waals surface area contributed by atoms with Crippen LogP contribution in [0.15, 0.2) is 35.2 Å². The molecule has 0 unspecified atom stereocenters. The van der Waals surface area contributed by atoms with Crippen molar-refractivity contribution >= 4 is 17.7 Å². The van der Waals surface area contributed by atoms with E-state index in [0.717, 1.165) is 38.2 Å². The smallest absolute Gasteiger partial charge is 0.305 e. The molecule has 0 aliphatic carbocycles. The molecule has 0 bridgehead atoms. The zero-order valence-corrected chi connectivity index (χ0v) is 13.1. The fourth-order valence-electron chi connectivity index (χ4n) is 2.42. The molecule has 5 heteroatoms. The number of nitrogens with zero attached hydrogens (tertiary/aromatic N) is 1.